The molecule has 0 radical (unpaired) electrons. The molecule has 1 heterocycles. The molecule has 1 aromatic heterocycles. The standard InChI is InChI=1S/C11H15NO2S2/c1-12-11(10(13)14)5-4-8(7-11)16-9-3-2-6-15-9/h2-3,6,8,12H,4-5,7H2,1H3,(H,13,14). The highest BCUT2D eigenvalue weighted by Gasteiger charge is 2.44. The van der Waals surface area contributed by atoms with E-state index in [1.54, 1.807) is 18.4 Å². The Kier molecular flexibility index (Phi) is 3.56. The molecule has 3 nitrogen and oxygen atoms in total. The molecule has 5 heteroatoms. The average molecular weight is 257 g/mol. The highest BCUT2D eigenvalue weighted by molar-refractivity contribution is 8.01. The molecule has 0 aromatic carbocycles. The van der Waals surface area contributed by atoms with E-state index in [1.807, 2.05) is 17.8 Å². The number of thioether (sulfide) groups is 1. The predicted molar refractivity (Wildman–Crippen MR) is 67.2 cm³/mol. The molecule has 0 saturated heterocycles. The summed E-state index contributed by atoms with van der Waals surface area (Å²) < 4.78 is 1.28. The van der Waals surface area contributed by atoms with Crippen molar-refractivity contribution < 1.29 is 9.90 Å². The third kappa shape index (κ3) is 2.26. The molecule has 1 aliphatic carbocycles. The number of hydrogen-bond acceptors (Lipinski definition) is 4. The van der Waals surface area contributed by atoms with Crippen LogP contribution in [0.3, 0.4) is 0 Å². The summed E-state index contributed by atoms with van der Waals surface area (Å²) in [6, 6.07) is 4.12. The van der Waals surface area contributed by atoms with Gasteiger partial charge in [-0.15, -0.1) is 23.1 Å². The fraction of sp³-hybridized carbons (Fsp3) is 0.545. The maximum Gasteiger partial charge on any atom is 0.323 e. The highest BCUT2D eigenvalue weighted by Crippen LogP contribution is 2.41. The van der Waals surface area contributed by atoms with Gasteiger partial charge in [0.15, 0.2) is 0 Å². The normalized spacial score (nSPS) is 29.4. The molecule has 1 aliphatic rings. The molecule has 2 rings (SSSR count). The zero-order valence-electron chi connectivity index (χ0n) is 9.10. The molecular weight excluding hydrogens is 242 g/mol. The summed E-state index contributed by atoms with van der Waals surface area (Å²) in [7, 11) is 1.74. The van der Waals surface area contributed by atoms with E-state index >= 15 is 0 Å². The Balaban J connectivity index is 1.99. The predicted octanol–water partition coefficient (Wildman–Crippen LogP) is 2.44. The second-order valence-electron chi connectivity index (χ2n) is 4.05. The van der Waals surface area contributed by atoms with Gasteiger partial charge in [0.2, 0.25) is 0 Å². The van der Waals surface area contributed by atoms with Crippen molar-refractivity contribution in [2.24, 2.45) is 0 Å². The first-order valence-electron chi connectivity index (χ1n) is 5.29. The van der Waals surface area contributed by atoms with Gasteiger partial charge < -0.3 is 10.4 Å². The monoisotopic (exact) mass is 257 g/mol. The average Bonchev–Trinajstić information content (AvgIpc) is 2.88. The minimum Gasteiger partial charge on any atom is -0.480 e. The SMILES string of the molecule is CNC1(C(=O)O)CCC(Sc2cccs2)C1. The van der Waals surface area contributed by atoms with E-state index in [2.05, 4.69) is 16.8 Å². The summed E-state index contributed by atoms with van der Waals surface area (Å²) in [5, 5.41) is 14.7. The van der Waals surface area contributed by atoms with Crippen molar-refractivity contribution in [3.05, 3.63) is 17.5 Å². The van der Waals surface area contributed by atoms with Gasteiger partial charge in [0, 0.05) is 5.25 Å². The van der Waals surface area contributed by atoms with Crippen LogP contribution in [0.15, 0.2) is 21.7 Å². The van der Waals surface area contributed by atoms with Crippen molar-refractivity contribution >= 4 is 29.1 Å². The van der Waals surface area contributed by atoms with E-state index in [1.165, 1.54) is 4.21 Å². The summed E-state index contributed by atoms with van der Waals surface area (Å²) in [6.07, 6.45) is 2.40. The van der Waals surface area contributed by atoms with Gasteiger partial charge in [0.1, 0.15) is 5.54 Å². The maximum absolute atomic E-state index is 11.2. The van der Waals surface area contributed by atoms with Crippen LogP contribution in [0.1, 0.15) is 19.3 Å². The Morgan fingerprint density at radius 3 is 3.06 bits per heavy atom. The van der Waals surface area contributed by atoms with Crippen LogP contribution in [-0.2, 0) is 4.79 Å². The summed E-state index contributed by atoms with van der Waals surface area (Å²) in [4.78, 5) is 11.2. The number of rotatable bonds is 4. The van der Waals surface area contributed by atoms with E-state index in [4.69, 9.17) is 0 Å². The number of carboxylic acids is 1. The van der Waals surface area contributed by atoms with Gasteiger partial charge in [-0.05, 0) is 37.8 Å². The topological polar surface area (TPSA) is 49.3 Å². The number of nitrogens with one attached hydrogen (secondary N) is 1. The zero-order valence-corrected chi connectivity index (χ0v) is 10.7. The van der Waals surface area contributed by atoms with Gasteiger partial charge >= 0.3 is 5.97 Å². The Morgan fingerprint density at radius 2 is 2.56 bits per heavy atom. The Bertz CT molecular complexity index is 366. The van der Waals surface area contributed by atoms with E-state index in [9.17, 15) is 9.90 Å². The molecule has 2 atom stereocenters. The number of aliphatic carboxylic acids is 1. The number of carboxylic acid groups (broad SMARTS) is 1. The number of thiophene rings is 1. The first-order chi connectivity index (χ1) is 7.66. The highest BCUT2D eigenvalue weighted by atomic mass is 32.2. The third-order valence-electron chi connectivity index (χ3n) is 3.14. The van der Waals surface area contributed by atoms with E-state index in [0.29, 0.717) is 11.7 Å². The van der Waals surface area contributed by atoms with Crippen LogP contribution in [0.4, 0.5) is 0 Å². The summed E-state index contributed by atoms with van der Waals surface area (Å²) >= 11 is 3.53. The Morgan fingerprint density at radius 1 is 1.75 bits per heavy atom. The number of hydrogen-bond donors (Lipinski definition) is 2. The largest absolute Gasteiger partial charge is 0.480 e. The summed E-state index contributed by atoms with van der Waals surface area (Å²) in [6.45, 7) is 0. The van der Waals surface area contributed by atoms with Crippen molar-refractivity contribution in [1.82, 2.24) is 5.32 Å². The summed E-state index contributed by atoms with van der Waals surface area (Å²) in [5.74, 6) is -0.718. The van der Waals surface area contributed by atoms with Gasteiger partial charge in [-0.2, -0.15) is 0 Å². The van der Waals surface area contributed by atoms with Crippen molar-refractivity contribution in [1.29, 1.82) is 0 Å². The van der Waals surface area contributed by atoms with Gasteiger partial charge in [0.25, 0.3) is 0 Å². The van der Waals surface area contributed by atoms with Crippen molar-refractivity contribution in [3.8, 4) is 0 Å². The van der Waals surface area contributed by atoms with Gasteiger partial charge in [-0.3, -0.25) is 4.79 Å². The quantitative estimate of drug-likeness (QED) is 0.870. The lowest BCUT2D eigenvalue weighted by Crippen LogP contribution is -2.48. The molecule has 0 bridgehead atoms. The minimum atomic E-state index is -0.718. The second kappa shape index (κ2) is 4.77. The smallest absolute Gasteiger partial charge is 0.323 e. The molecule has 2 N–H and O–H groups in total. The lowest BCUT2D eigenvalue weighted by molar-refractivity contribution is -0.144. The molecule has 1 fully saturated rings. The third-order valence-corrected chi connectivity index (χ3v) is 5.48. The first-order valence-corrected chi connectivity index (χ1v) is 7.05. The molecule has 0 spiro atoms. The fourth-order valence-corrected chi connectivity index (χ4v) is 4.46. The van der Waals surface area contributed by atoms with Crippen LogP contribution in [0, 0.1) is 0 Å². The molecule has 0 amide bonds. The van der Waals surface area contributed by atoms with Crippen molar-refractivity contribution in [2.45, 2.75) is 34.3 Å². The van der Waals surface area contributed by atoms with Crippen molar-refractivity contribution in [2.75, 3.05) is 7.05 Å². The van der Waals surface area contributed by atoms with Gasteiger partial charge in [0.05, 0.1) is 4.21 Å². The van der Waals surface area contributed by atoms with Crippen molar-refractivity contribution in [3.63, 3.8) is 0 Å². The Labute approximate surface area is 103 Å². The molecule has 1 saturated carbocycles. The first kappa shape index (κ1) is 12.0. The van der Waals surface area contributed by atoms with Gasteiger partial charge in [-0.1, -0.05) is 6.07 Å². The lowest BCUT2D eigenvalue weighted by Gasteiger charge is -2.23. The van der Waals surface area contributed by atoms with Crippen LogP contribution in [-0.4, -0.2) is 28.9 Å². The summed E-state index contributed by atoms with van der Waals surface area (Å²) in [5.41, 5.74) is -0.699. The van der Waals surface area contributed by atoms with Crippen LogP contribution >= 0.6 is 23.1 Å². The van der Waals surface area contributed by atoms with Gasteiger partial charge in [-0.25, -0.2) is 0 Å². The molecule has 88 valence electrons. The zero-order chi connectivity index (χ0) is 11.6. The van der Waals surface area contributed by atoms with E-state index in [-0.39, 0.29) is 0 Å². The van der Waals surface area contributed by atoms with Crippen LogP contribution in [0.2, 0.25) is 0 Å². The molecule has 16 heavy (non-hydrogen) atoms. The van der Waals surface area contributed by atoms with Crippen LogP contribution in [0.25, 0.3) is 0 Å². The second-order valence-corrected chi connectivity index (χ2v) is 6.60. The van der Waals surface area contributed by atoms with E-state index in [0.717, 1.165) is 12.8 Å². The molecular formula is C11H15NO2S2. The Hall–Kier alpha value is -0.520. The molecule has 0 aliphatic heterocycles. The lowest BCUT2D eigenvalue weighted by atomic mass is 9.99. The number of carbonyl (C=O) groups is 1. The number of likely N-dealkylation sites (N-methyl/N-ethyl adjacent to an activating group) is 1. The minimum absolute atomic E-state index is 0.419. The fourth-order valence-electron chi connectivity index (χ4n) is 2.12. The van der Waals surface area contributed by atoms with E-state index < -0.39 is 11.5 Å². The molecule has 2 unspecified atom stereocenters. The van der Waals surface area contributed by atoms with Crippen LogP contribution < -0.4 is 5.32 Å². The van der Waals surface area contributed by atoms with Crippen LogP contribution in [0.5, 0.6) is 0 Å². The maximum atomic E-state index is 11.2. The molecule has 1 aromatic rings.